The van der Waals surface area contributed by atoms with Crippen molar-refractivity contribution in [3.8, 4) is 0 Å². The Labute approximate surface area is 160 Å². The number of piperidine rings is 1. The number of rotatable bonds is 5. The van der Waals surface area contributed by atoms with Crippen LogP contribution < -0.4 is 5.32 Å². The minimum Gasteiger partial charge on any atom is -0.352 e. The fraction of sp³-hybridized carbons (Fsp3) is 0.292. The van der Waals surface area contributed by atoms with Gasteiger partial charge in [0, 0.05) is 31.7 Å². The molecular formula is C24H24N2O. The Morgan fingerprint density at radius 1 is 0.889 bits per heavy atom. The molecule has 3 heteroatoms. The molecule has 3 aromatic carbocycles. The van der Waals surface area contributed by atoms with E-state index in [0.717, 1.165) is 43.6 Å². The van der Waals surface area contributed by atoms with Crippen LogP contribution in [-0.2, 0) is 6.54 Å². The van der Waals surface area contributed by atoms with E-state index >= 15 is 0 Å². The standard InChI is InChI=1S/C24H24N2O/c27-24(18-8-2-1-3-9-18)25-13-21-22-15-26(16-23(21)22)14-19-11-6-10-17-7-4-5-12-20(17)19/h1-12,21-23H,13-16H2,(H,25,27). The monoisotopic (exact) mass is 356 g/mol. The third kappa shape index (κ3) is 3.24. The van der Waals surface area contributed by atoms with Crippen molar-refractivity contribution in [1.82, 2.24) is 10.2 Å². The highest BCUT2D eigenvalue weighted by Crippen LogP contribution is 2.51. The van der Waals surface area contributed by atoms with Crippen molar-refractivity contribution >= 4 is 16.7 Å². The van der Waals surface area contributed by atoms with E-state index in [2.05, 4.69) is 52.7 Å². The number of hydrogen-bond donors (Lipinski definition) is 1. The van der Waals surface area contributed by atoms with Gasteiger partial charge in [-0.2, -0.15) is 0 Å². The van der Waals surface area contributed by atoms with Crippen molar-refractivity contribution < 1.29 is 4.79 Å². The smallest absolute Gasteiger partial charge is 0.251 e. The second kappa shape index (κ2) is 6.82. The van der Waals surface area contributed by atoms with E-state index in [1.807, 2.05) is 30.3 Å². The first-order valence-corrected chi connectivity index (χ1v) is 9.82. The Kier molecular flexibility index (Phi) is 4.17. The molecule has 1 N–H and O–H groups in total. The maximum Gasteiger partial charge on any atom is 0.251 e. The zero-order valence-corrected chi connectivity index (χ0v) is 15.3. The van der Waals surface area contributed by atoms with Gasteiger partial charge in [0.1, 0.15) is 0 Å². The van der Waals surface area contributed by atoms with Crippen LogP contribution in [0.5, 0.6) is 0 Å². The molecule has 1 saturated heterocycles. The summed E-state index contributed by atoms with van der Waals surface area (Å²) in [5, 5.41) is 5.81. The first kappa shape index (κ1) is 16.5. The summed E-state index contributed by atoms with van der Waals surface area (Å²) >= 11 is 0. The van der Waals surface area contributed by atoms with Crippen LogP contribution in [0.1, 0.15) is 15.9 Å². The molecule has 0 aromatic heterocycles. The predicted octanol–water partition coefficient (Wildman–Crippen LogP) is 3.95. The first-order valence-electron chi connectivity index (χ1n) is 9.82. The summed E-state index contributed by atoms with van der Waals surface area (Å²) in [6, 6.07) is 24.7. The molecule has 0 bridgehead atoms. The molecule has 2 atom stereocenters. The molecule has 2 unspecified atom stereocenters. The lowest BCUT2D eigenvalue weighted by Crippen LogP contribution is -2.30. The zero-order chi connectivity index (χ0) is 18.2. The van der Waals surface area contributed by atoms with E-state index < -0.39 is 0 Å². The lowest BCUT2D eigenvalue weighted by molar-refractivity contribution is 0.0949. The van der Waals surface area contributed by atoms with Crippen LogP contribution in [0.4, 0.5) is 0 Å². The number of amides is 1. The van der Waals surface area contributed by atoms with Gasteiger partial charge < -0.3 is 5.32 Å². The quantitative estimate of drug-likeness (QED) is 0.751. The molecular weight excluding hydrogens is 332 g/mol. The number of nitrogens with one attached hydrogen (secondary N) is 1. The number of nitrogens with zero attached hydrogens (tertiary/aromatic N) is 1. The fourth-order valence-electron chi connectivity index (χ4n) is 4.74. The average Bonchev–Trinajstić information content (AvgIpc) is 3.17. The fourth-order valence-corrected chi connectivity index (χ4v) is 4.74. The van der Waals surface area contributed by atoms with Crippen LogP contribution >= 0.6 is 0 Å². The van der Waals surface area contributed by atoms with Crippen molar-refractivity contribution in [1.29, 1.82) is 0 Å². The summed E-state index contributed by atoms with van der Waals surface area (Å²) in [4.78, 5) is 14.8. The topological polar surface area (TPSA) is 32.3 Å². The molecule has 2 fully saturated rings. The lowest BCUT2D eigenvalue weighted by Gasteiger charge is -2.20. The summed E-state index contributed by atoms with van der Waals surface area (Å²) in [6.45, 7) is 4.14. The Bertz CT molecular complexity index is 951. The van der Waals surface area contributed by atoms with Gasteiger partial charge in [-0.25, -0.2) is 0 Å². The number of fused-ring (bicyclic) bond motifs is 2. The van der Waals surface area contributed by atoms with Gasteiger partial charge in [0.25, 0.3) is 5.91 Å². The normalized spacial score (nSPS) is 23.9. The Morgan fingerprint density at radius 3 is 2.41 bits per heavy atom. The minimum atomic E-state index is 0.0492. The van der Waals surface area contributed by atoms with Crippen LogP contribution in [0, 0.1) is 17.8 Å². The van der Waals surface area contributed by atoms with Gasteiger partial charge in [-0.15, -0.1) is 0 Å². The summed E-state index contributed by atoms with van der Waals surface area (Å²) < 4.78 is 0. The van der Waals surface area contributed by atoms with Crippen LogP contribution in [0.3, 0.4) is 0 Å². The van der Waals surface area contributed by atoms with Gasteiger partial charge >= 0.3 is 0 Å². The van der Waals surface area contributed by atoms with Gasteiger partial charge in [-0.3, -0.25) is 9.69 Å². The minimum absolute atomic E-state index is 0.0492. The number of hydrogen-bond acceptors (Lipinski definition) is 2. The largest absolute Gasteiger partial charge is 0.352 e. The van der Waals surface area contributed by atoms with E-state index in [-0.39, 0.29) is 5.91 Å². The lowest BCUT2D eigenvalue weighted by atomic mass is 10.0. The summed E-state index contributed by atoms with van der Waals surface area (Å²) in [5.74, 6) is 2.20. The van der Waals surface area contributed by atoms with E-state index in [0.29, 0.717) is 5.92 Å². The SMILES string of the molecule is O=C(NCC1C2CN(Cc3cccc4ccccc34)CC12)c1ccccc1. The van der Waals surface area contributed by atoms with E-state index in [4.69, 9.17) is 0 Å². The molecule has 1 heterocycles. The average molecular weight is 356 g/mol. The molecule has 1 aliphatic heterocycles. The summed E-state index contributed by atoms with van der Waals surface area (Å²) in [7, 11) is 0. The number of carbonyl (C=O) groups excluding carboxylic acids is 1. The van der Waals surface area contributed by atoms with Gasteiger partial charge in [0.15, 0.2) is 0 Å². The van der Waals surface area contributed by atoms with Crippen LogP contribution in [0.2, 0.25) is 0 Å². The first-order chi connectivity index (χ1) is 13.3. The molecule has 0 radical (unpaired) electrons. The van der Waals surface area contributed by atoms with Gasteiger partial charge in [0.05, 0.1) is 0 Å². The third-order valence-electron chi connectivity index (χ3n) is 6.26. The molecule has 136 valence electrons. The molecule has 3 aromatic rings. The number of benzene rings is 3. The van der Waals surface area contributed by atoms with Crippen molar-refractivity contribution in [3.63, 3.8) is 0 Å². The highest BCUT2D eigenvalue weighted by atomic mass is 16.1. The van der Waals surface area contributed by atoms with Crippen LogP contribution in [-0.4, -0.2) is 30.4 Å². The number of carbonyl (C=O) groups is 1. The molecule has 3 nitrogen and oxygen atoms in total. The second-order valence-corrected chi connectivity index (χ2v) is 7.90. The number of likely N-dealkylation sites (tertiary alicyclic amines) is 1. The molecule has 27 heavy (non-hydrogen) atoms. The molecule has 1 amide bonds. The van der Waals surface area contributed by atoms with Crippen molar-refractivity contribution in [2.75, 3.05) is 19.6 Å². The molecule has 0 spiro atoms. The Balaban J connectivity index is 1.15. The highest BCUT2D eigenvalue weighted by Gasteiger charge is 2.55. The van der Waals surface area contributed by atoms with Crippen LogP contribution in [0.25, 0.3) is 10.8 Å². The maximum absolute atomic E-state index is 12.2. The van der Waals surface area contributed by atoms with Crippen LogP contribution in [0.15, 0.2) is 72.8 Å². The van der Waals surface area contributed by atoms with Gasteiger partial charge in [-0.1, -0.05) is 60.7 Å². The third-order valence-corrected chi connectivity index (χ3v) is 6.26. The molecule has 2 aliphatic rings. The molecule has 1 saturated carbocycles. The van der Waals surface area contributed by atoms with Crippen molar-refractivity contribution in [3.05, 3.63) is 83.9 Å². The summed E-state index contributed by atoms with van der Waals surface area (Å²) in [5.41, 5.74) is 2.17. The van der Waals surface area contributed by atoms with Crippen molar-refractivity contribution in [2.24, 2.45) is 17.8 Å². The Morgan fingerprint density at radius 2 is 1.59 bits per heavy atom. The molecule has 5 rings (SSSR count). The van der Waals surface area contributed by atoms with Gasteiger partial charge in [-0.05, 0) is 46.2 Å². The molecule has 1 aliphatic carbocycles. The van der Waals surface area contributed by atoms with Crippen molar-refractivity contribution in [2.45, 2.75) is 6.54 Å². The highest BCUT2D eigenvalue weighted by molar-refractivity contribution is 5.94. The van der Waals surface area contributed by atoms with Gasteiger partial charge in [0.2, 0.25) is 0 Å². The predicted molar refractivity (Wildman–Crippen MR) is 108 cm³/mol. The Hall–Kier alpha value is -2.65. The maximum atomic E-state index is 12.2. The van der Waals surface area contributed by atoms with E-state index in [9.17, 15) is 4.79 Å². The zero-order valence-electron chi connectivity index (χ0n) is 15.3. The van der Waals surface area contributed by atoms with E-state index in [1.54, 1.807) is 0 Å². The van der Waals surface area contributed by atoms with E-state index in [1.165, 1.54) is 16.3 Å². The second-order valence-electron chi connectivity index (χ2n) is 7.90. The summed E-state index contributed by atoms with van der Waals surface area (Å²) in [6.07, 6.45) is 0.